The number of carbonyl (C=O) groups is 1. The molecular weight excluding hydrogens is 336 g/mol. The molecule has 1 aliphatic heterocycles. The van der Waals surface area contributed by atoms with Crippen LogP contribution in [0.15, 0.2) is 23.0 Å². The lowest BCUT2D eigenvalue weighted by molar-refractivity contribution is -0.117. The molecule has 3 aromatic rings. The molecule has 1 aliphatic rings. The van der Waals surface area contributed by atoms with E-state index in [9.17, 15) is 4.79 Å². The van der Waals surface area contributed by atoms with Gasteiger partial charge in [0.2, 0.25) is 5.91 Å². The number of rotatable bonds is 4. The second kappa shape index (κ2) is 6.71. The number of amides is 1. The average molecular weight is 356 g/mol. The molecule has 1 fully saturated rings. The lowest BCUT2D eigenvalue weighted by Gasteiger charge is -2.35. The van der Waals surface area contributed by atoms with E-state index in [1.165, 1.54) is 6.33 Å². The zero-order chi connectivity index (χ0) is 18.1. The van der Waals surface area contributed by atoms with Gasteiger partial charge in [0.1, 0.15) is 17.9 Å². The fourth-order valence-corrected chi connectivity index (χ4v) is 3.08. The number of aryl methyl sites for hydroxylation is 2. The molecule has 0 bridgehead atoms. The summed E-state index contributed by atoms with van der Waals surface area (Å²) in [4.78, 5) is 25.0. The molecule has 10 nitrogen and oxygen atoms in total. The summed E-state index contributed by atoms with van der Waals surface area (Å²) in [6.45, 7) is 7.22. The normalized spacial score (nSPS) is 15.5. The first kappa shape index (κ1) is 16.5. The molecule has 0 unspecified atom stereocenters. The van der Waals surface area contributed by atoms with Gasteiger partial charge in [-0.3, -0.25) is 9.69 Å². The van der Waals surface area contributed by atoms with Crippen LogP contribution in [0.3, 0.4) is 0 Å². The zero-order valence-electron chi connectivity index (χ0n) is 14.7. The van der Waals surface area contributed by atoms with Gasteiger partial charge in [-0.2, -0.15) is 14.6 Å². The summed E-state index contributed by atoms with van der Waals surface area (Å²) in [5.41, 5.74) is 0.908. The zero-order valence-corrected chi connectivity index (χ0v) is 14.7. The van der Waals surface area contributed by atoms with E-state index in [0.717, 1.165) is 37.7 Å². The van der Waals surface area contributed by atoms with Crippen LogP contribution >= 0.6 is 0 Å². The Kier molecular flexibility index (Phi) is 4.25. The Morgan fingerprint density at radius 2 is 2.04 bits per heavy atom. The standard InChI is InChI=1S/C16H20N8O2/c1-11-7-15(24-16(19-11)17-10-18-24)23-5-3-22(4-6-23)9-14(25)20-13-8-12(2)26-21-13/h7-8,10H,3-6,9H2,1-2H3,(H,20,21,25). The Labute approximate surface area is 149 Å². The van der Waals surface area contributed by atoms with Crippen LogP contribution in [0.1, 0.15) is 11.5 Å². The molecule has 10 heteroatoms. The Morgan fingerprint density at radius 3 is 2.77 bits per heavy atom. The number of aromatic nitrogens is 5. The number of fused-ring (bicyclic) bond motifs is 1. The lowest BCUT2D eigenvalue weighted by Crippen LogP contribution is -2.49. The van der Waals surface area contributed by atoms with E-state index in [1.54, 1.807) is 17.5 Å². The van der Waals surface area contributed by atoms with Crippen LogP contribution in [-0.4, -0.2) is 68.3 Å². The first-order valence-electron chi connectivity index (χ1n) is 8.46. The Hall–Kier alpha value is -3.01. The van der Waals surface area contributed by atoms with E-state index in [1.807, 2.05) is 13.0 Å². The van der Waals surface area contributed by atoms with E-state index < -0.39 is 0 Å². The summed E-state index contributed by atoms with van der Waals surface area (Å²) in [6, 6.07) is 3.71. The minimum atomic E-state index is -0.0924. The molecule has 1 saturated heterocycles. The van der Waals surface area contributed by atoms with Crippen LogP contribution in [-0.2, 0) is 4.79 Å². The highest BCUT2D eigenvalue weighted by molar-refractivity contribution is 5.91. The quantitative estimate of drug-likeness (QED) is 0.720. The van der Waals surface area contributed by atoms with Crippen molar-refractivity contribution in [2.75, 3.05) is 42.9 Å². The number of anilines is 2. The predicted octanol–water partition coefficient (Wildman–Crippen LogP) is 0.490. The van der Waals surface area contributed by atoms with E-state index in [0.29, 0.717) is 23.9 Å². The van der Waals surface area contributed by atoms with Gasteiger partial charge in [-0.1, -0.05) is 5.16 Å². The van der Waals surface area contributed by atoms with Gasteiger partial charge in [-0.15, -0.1) is 0 Å². The van der Waals surface area contributed by atoms with E-state index in [-0.39, 0.29) is 5.91 Å². The van der Waals surface area contributed by atoms with Crippen molar-refractivity contribution < 1.29 is 9.32 Å². The fourth-order valence-electron chi connectivity index (χ4n) is 3.08. The fraction of sp³-hybridized carbons (Fsp3) is 0.438. The second-order valence-electron chi connectivity index (χ2n) is 6.36. The first-order valence-corrected chi connectivity index (χ1v) is 8.46. The monoisotopic (exact) mass is 356 g/mol. The third-order valence-electron chi connectivity index (χ3n) is 4.32. The molecule has 0 saturated carbocycles. The van der Waals surface area contributed by atoms with Crippen molar-refractivity contribution in [1.82, 2.24) is 29.6 Å². The summed E-state index contributed by atoms with van der Waals surface area (Å²) in [6.07, 6.45) is 1.51. The van der Waals surface area contributed by atoms with E-state index >= 15 is 0 Å². The van der Waals surface area contributed by atoms with Crippen molar-refractivity contribution in [3.8, 4) is 0 Å². The van der Waals surface area contributed by atoms with E-state index in [2.05, 4.69) is 35.3 Å². The predicted molar refractivity (Wildman–Crippen MR) is 94.0 cm³/mol. The highest BCUT2D eigenvalue weighted by atomic mass is 16.5. The molecule has 1 amide bonds. The molecular formula is C16H20N8O2. The summed E-state index contributed by atoms with van der Waals surface area (Å²) in [5.74, 6) is 2.61. The minimum absolute atomic E-state index is 0.0924. The van der Waals surface area contributed by atoms with Crippen LogP contribution in [0.4, 0.5) is 11.6 Å². The summed E-state index contributed by atoms with van der Waals surface area (Å²) in [5, 5.41) is 10.8. The molecule has 4 rings (SSSR count). The van der Waals surface area contributed by atoms with Crippen molar-refractivity contribution in [3.05, 3.63) is 29.9 Å². The largest absolute Gasteiger partial charge is 0.360 e. The Morgan fingerprint density at radius 1 is 1.23 bits per heavy atom. The number of hydrogen-bond donors (Lipinski definition) is 1. The number of piperazine rings is 1. The maximum Gasteiger partial charge on any atom is 0.254 e. The third kappa shape index (κ3) is 3.36. The van der Waals surface area contributed by atoms with Crippen LogP contribution in [0, 0.1) is 13.8 Å². The van der Waals surface area contributed by atoms with Gasteiger partial charge < -0.3 is 14.7 Å². The van der Waals surface area contributed by atoms with Gasteiger partial charge in [0.15, 0.2) is 5.82 Å². The molecule has 3 aromatic heterocycles. The first-order chi connectivity index (χ1) is 12.6. The number of nitrogens with zero attached hydrogens (tertiary/aromatic N) is 7. The second-order valence-corrected chi connectivity index (χ2v) is 6.36. The highest BCUT2D eigenvalue weighted by Gasteiger charge is 2.22. The molecule has 0 spiro atoms. The summed E-state index contributed by atoms with van der Waals surface area (Å²) in [7, 11) is 0. The maximum absolute atomic E-state index is 12.1. The van der Waals surface area contributed by atoms with Crippen molar-refractivity contribution in [2.45, 2.75) is 13.8 Å². The Bertz CT molecular complexity index is 925. The maximum atomic E-state index is 12.1. The summed E-state index contributed by atoms with van der Waals surface area (Å²) >= 11 is 0. The molecule has 0 aliphatic carbocycles. The van der Waals surface area contributed by atoms with Gasteiger partial charge in [-0.05, 0) is 13.8 Å². The van der Waals surface area contributed by atoms with Gasteiger partial charge in [0, 0.05) is 44.0 Å². The molecule has 1 N–H and O–H groups in total. The topological polar surface area (TPSA) is 105 Å². The number of hydrogen-bond acceptors (Lipinski definition) is 8. The van der Waals surface area contributed by atoms with Crippen molar-refractivity contribution >= 4 is 23.3 Å². The molecule has 136 valence electrons. The lowest BCUT2D eigenvalue weighted by atomic mass is 10.3. The van der Waals surface area contributed by atoms with Crippen molar-refractivity contribution in [2.24, 2.45) is 0 Å². The van der Waals surface area contributed by atoms with Gasteiger partial charge in [-0.25, -0.2) is 4.98 Å². The SMILES string of the molecule is Cc1cc(N2CCN(CC(=O)Nc3cc(C)on3)CC2)n2ncnc2n1. The van der Waals surface area contributed by atoms with Crippen molar-refractivity contribution in [3.63, 3.8) is 0 Å². The molecule has 0 atom stereocenters. The average Bonchev–Trinajstić information content (AvgIpc) is 3.23. The number of nitrogens with one attached hydrogen (secondary N) is 1. The van der Waals surface area contributed by atoms with Crippen LogP contribution < -0.4 is 10.2 Å². The van der Waals surface area contributed by atoms with Crippen LogP contribution in [0.2, 0.25) is 0 Å². The highest BCUT2D eigenvalue weighted by Crippen LogP contribution is 2.18. The third-order valence-corrected chi connectivity index (χ3v) is 4.32. The van der Waals surface area contributed by atoms with Gasteiger partial charge in [0.25, 0.3) is 5.78 Å². The Balaban J connectivity index is 1.36. The minimum Gasteiger partial charge on any atom is -0.360 e. The van der Waals surface area contributed by atoms with E-state index in [4.69, 9.17) is 4.52 Å². The van der Waals surface area contributed by atoms with Crippen LogP contribution in [0.5, 0.6) is 0 Å². The van der Waals surface area contributed by atoms with Gasteiger partial charge >= 0.3 is 0 Å². The van der Waals surface area contributed by atoms with Crippen molar-refractivity contribution in [1.29, 1.82) is 0 Å². The molecule has 4 heterocycles. The summed E-state index contributed by atoms with van der Waals surface area (Å²) < 4.78 is 6.71. The van der Waals surface area contributed by atoms with Crippen LogP contribution in [0.25, 0.3) is 5.78 Å². The van der Waals surface area contributed by atoms with Gasteiger partial charge in [0.05, 0.1) is 6.54 Å². The smallest absolute Gasteiger partial charge is 0.254 e. The molecule has 0 aromatic carbocycles. The molecule has 26 heavy (non-hydrogen) atoms. The molecule has 0 radical (unpaired) electrons. The number of carbonyl (C=O) groups excluding carboxylic acids is 1.